The Balaban J connectivity index is 0.00000400. The Labute approximate surface area is 133 Å². The molecule has 7 heteroatoms. The molecule has 0 aromatic rings. The van der Waals surface area contributed by atoms with Gasteiger partial charge in [0.1, 0.15) is 0 Å². The van der Waals surface area contributed by atoms with Gasteiger partial charge in [0.05, 0.1) is 19.2 Å². The number of hydrogen-bond acceptors (Lipinski definition) is 4. The Bertz CT molecular complexity index is 333. The van der Waals surface area contributed by atoms with Gasteiger partial charge in [0.2, 0.25) is 11.8 Å². The minimum absolute atomic E-state index is 0. The van der Waals surface area contributed by atoms with E-state index in [1.165, 1.54) is 0 Å². The average molecular weight is 322 g/mol. The number of nitrogens with two attached hydrogens (primary N) is 1. The summed E-state index contributed by atoms with van der Waals surface area (Å²) in [5.41, 5.74) is 5.72. The van der Waals surface area contributed by atoms with Gasteiger partial charge in [-0.2, -0.15) is 0 Å². The zero-order chi connectivity index (χ0) is 15.1. The maximum Gasteiger partial charge on any atom is 0.241 e. The van der Waals surface area contributed by atoms with Crippen molar-refractivity contribution in [2.75, 3.05) is 33.4 Å². The van der Waals surface area contributed by atoms with Crippen molar-refractivity contribution in [2.45, 2.75) is 32.7 Å². The quantitative estimate of drug-likeness (QED) is 0.741. The van der Waals surface area contributed by atoms with Crippen molar-refractivity contribution in [3.05, 3.63) is 0 Å². The molecule has 0 aromatic carbocycles. The van der Waals surface area contributed by atoms with Crippen molar-refractivity contribution < 1.29 is 14.3 Å². The van der Waals surface area contributed by atoms with Crippen LogP contribution in [-0.2, 0) is 14.3 Å². The zero-order valence-electron chi connectivity index (χ0n) is 13.1. The third-order valence-electron chi connectivity index (χ3n) is 3.65. The molecule has 2 amide bonds. The number of carbonyl (C=O) groups is 2. The van der Waals surface area contributed by atoms with Crippen molar-refractivity contribution in [1.29, 1.82) is 0 Å². The fourth-order valence-corrected chi connectivity index (χ4v) is 2.16. The van der Waals surface area contributed by atoms with Crippen LogP contribution >= 0.6 is 12.4 Å². The predicted octanol–water partition coefficient (Wildman–Crippen LogP) is 0.393. The number of nitrogens with zero attached hydrogens (tertiary/aromatic N) is 1. The molecule has 2 atom stereocenters. The van der Waals surface area contributed by atoms with Gasteiger partial charge in [-0.15, -0.1) is 12.4 Å². The van der Waals surface area contributed by atoms with Gasteiger partial charge >= 0.3 is 0 Å². The molecule has 21 heavy (non-hydrogen) atoms. The number of nitrogens with one attached hydrogen (secondary N) is 1. The number of ether oxygens (including phenoxy) is 1. The van der Waals surface area contributed by atoms with Gasteiger partial charge < -0.3 is 20.7 Å². The summed E-state index contributed by atoms with van der Waals surface area (Å²) in [6.07, 6.45) is 2.13. The van der Waals surface area contributed by atoms with Crippen molar-refractivity contribution in [1.82, 2.24) is 10.2 Å². The van der Waals surface area contributed by atoms with Crippen LogP contribution in [0.4, 0.5) is 0 Å². The first-order valence-corrected chi connectivity index (χ1v) is 7.26. The standard InChI is InChI=1S/C14H27N3O3.ClH/c1-10(2)13(15)14(19)16-7-12(18)17(3)8-11-5-4-6-20-9-11;/h10-11,13H,4-9,15H2,1-3H3,(H,16,19);1H/t11?,13-;/m0./s1. The predicted molar refractivity (Wildman–Crippen MR) is 84.3 cm³/mol. The molecule has 1 aliphatic rings. The summed E-state index contributed by atoms with van der Waals surface area (Å²) < 4.78 is 5.39. The molecule has 1 saturated heterocycles. The van der Waals surface area contributed by atoms with Gasteiger partial charge in [-0.3, -0.25) is 9.59 Å². The second-order valence-electron chi connectivity index (χ2n) is 5.85. The van der Waals surface area contributed by atoms with Gasteiger partial charge in [-0.05, 0) is 24.7 Å². The highest BCUT2D eigenvalue weighted by Gasteiger charge is 2.21. The number of amides is 2. The van der Waals surface area contributed by atoms with E-state index in [0.29, 0.717) is 19.1 Å². The fraction of sp³-hybridized carbons (Fsp3) is 0.857. The zero-order valence-corrected chi connectivity index (χ0v) is 13.9. The van der Waals surface area contributed by atoms with E-state index >= 15 is 0 Å². The first-order chi connectivity index (χ1) is 9.41. The van der Waals surface area contributed by atoms with Gasteiger partial charge in [0, 0.05) is 20.2 Å². The molecule has 0 bridgehead atoms. The first kappa shape index (κ1) is 20.1. The van der Waals surface area contributed by atoms with E-state index in [1.54, 1.807) is 11.9 Å². The average Bonchev–Trinajstić information content (AvgIpc) is 2.44. The highest BCUT2D eigenvalue weighted by atomic mass is 35.5. The van der Waals surface area contributed by atoms with Crippen LogP contribution < -0.4 is 11.1 Å². The van der Waals surface area contributed by atoms with Crippen molar-refractivity contribution in [3.8, 4) is 0 Å². The van der Waals surface area contributed by atoms with Crippen LogP contribution in [0.1, 0.15) is 26.7 Å². The van der Waals surface area contributed by atoms with Gasteiger partial charge in [0.15, 0.2) is 0 Å². The van der Waals surface area contributed by atoms with Crippen LogP contribution in [0.3, 0.4) is 0 Å². The Morgan fingerprint density at radius 1 is 1.43 bits per heavy atom. The van der Waals surface area contributed by atoms with Crippen molar-refractivity contribution >= 4 is 24.2 Å². The maximum atomic E-state index is 11.9. The van der Waals surface area contributed by atoms with Gasteiger partial charge in [0.25, 0.3) is 0 Å². The van der Waals surface area contributed by atoms with E-state index in [1.807, 2.05) is 13.8 Å². The third-order valence-corrected chi connectivity index (χ3v) is 3.65. The monoisotopic (exact) mass is 321 g/mol. The summed E-state index contributed by atoms with van der Waals surface area (Å²) in [6.45, 7) is 5.95. The maximum absolute atomic E-state index is 11.9. The lowest BCUT2D eigenvalue weighted by atomic mass is 10.0. The number of likely N-dealkylation sites (N-methyl/N-ethyl adjacent to an activating group) is 1. The lowest BCUT2D eigenvalue weighted by molar-refractivity contribution is -0.133. The normalized spacial score (nSPS) is 19.6. The number of rotatable bonds is 6. The Morgan fingerprint density at radius 2 is 2.10 bits per heavy atom. The third kappa shape index (κ3) is 7.11. The molecule has 3 N–H and O–H groups in total. The van der Waals surface area contributed by atoms with E-state index < -0.39 is 6.04 Å². The van der Waals surface area contributed by atoms with E-state index in [2.05, 4.69) is 5.32 Å². The SMILES string of the molecule is CC(C)[C@H](N)C(=O)NCC(=O)N(C)CC1CCCOC1.Cl. The van der Waals surface area contributed by atoms with Gasteiger partial charge in [-0.1, -0.05) is 13.8 Å². The molecule has 1 heterocycles. The highest BCUT2D eigenvalue weighted by molar-refractivity contribution is 5.87. The smallest absolute Gasteiger partial charge is 0.241 e. The Morgan fingerprint density at radius 3 is 2.62 bits per heavy atom. The highest BCUT2D eigenvalue weighted by Crippen LogP contribution is 2.14. The molecular formula is C14H28ClN3O3. The summed E-state index contributed by atoms with van der Waals surface area (Å²) in [4.78, 5) is 25.3. The number of halogens is 1. The summed E-state index contributed by atoms with van der Waals surface area (Å²) in [5, 5.41) is 2.60. The summed E-state index contributed by atoms with van der Waals surface area (Å²) in [7, 11) is 1.76. The Kier molecular flexibility index (Phi) is 9.57. The van der Waals surface area contributed by atoms with Crippen LogP contribution in [0.5, 0.6) is 0 Å². The second-order valence-corrected chi connectivity index (χ2v) is 5.85. The Hall–Kier alpha value is -0.850. The van der Waals surface area contributed by atoms with E-state index in [-0.39, 0.29) is 36.7 Å². The molecule has 1 aliphatic heterocycles. The minimum Gasteiger partial charge on any atom is -0.381 e. The molecule has 0 spiro atoms. The van der Waals surface area contributed by atoms with Crippen molar-refractivity contribution in [3.63, 3.8) is 0 Å². The lowest BCUT2D eigenvalue weighted by Crippen LogP contribution is -2.48. The first-order valence-electron chi connectivity index (χ1n) is 7.26. The van der Waals surface area contributed by atoms with Gasteiger partial charge in [-0.25, -0.2) is 0 Å². The molecule has 6 nitrogen and oxygen atoms in total. The molecule has 0 aromatic heterocycles. The topological polar surface area (TPSA) is 84.7 Å². The summed E-state index contributed by atoms with van der Waals surface area (Å²) >= 11 is 0. The summed E-state index contributed by atoms with van der Waals surface area (Å²) in [6, 6.07) is -0.570. The van der Waals surface area contributed by atoms with Crippen LogP contribution in [0, 0.1) is 11.8 Å². The van der Waals surface area contributed by atoms with E-state index in [4.69, 9.17) is 10.5 Å². The molecule has 1 rings (SSSR count). The second kappa shape index (κ2) is 9.97. The van der Waals surface area contributed by atoms with E-state index in [9.17, 15) is 9.59 Å². The minimum atomic E-state index is -0.570. The van der Waals surface area contributed by atoms with Crippen LogP contribution in [0.15, 0.2) is 0 Å². The largest absolute Gasteiger partial charge is 0.381 e. The lowest BCUT2D eigenvalue weighted by Gasteiger charge is -2.27. The summed E-state index contributed by atoms with van der Waals surface area (Å²) in [5.74, 6) is 0.0798. The van der Waals surface area contributed by atoms with Crippen LogP contribution in [-0.4, -0.2) is 56.1 Å². The molecular weight excluding hydrogens is 294 g/mol. The fourth-order valence-electron chi connectivity index (χ4n) is 2.16. The van der Waals surface area contributed by atoms with Crippen molar-refractivity contribution in [2.24, 2.45) is 17.6 Å². The number of hydrogen-bond donors (Lipinski definition) is 2. The molecule has 124 valence electrons. The molecule has 0 aliphatic carbocycles. The van der Waals surface area contributed by atoms with E-state index in [0.717, 1.165) is 19.4 Å². The van der Waals surface area contributed by atoms with Crippen LogP contribution in [0.2, 0.25) is 0 Å². The molecule has 0 radical (unpaired) electrons. The molecule has 1 unspecified atom stereocenters. The number of carbonyl (C=O) groups excluding carboxylic acids is 2. The molecule has 0 saturated carbocycles. The molecule has 1 fully saturated rings. The van der Waals surface area contributed by atoms with Crippen LogP contribution in [0.25, 0.3) is 0 Å².